The number of aromatic nitrogens is 3. The molecule has 2 rings (SSSR count). The minimum Gasteiger partial charge on any atom is -0.316 e. The van der Waals surface area contributed by atoms with Crippen molar-refractivity contribution in [3.05, 3.63) is 29.2 Å². The summed E-state index contributed by atoms with van der Waals surface area (Å²) in [6.45, 7) is 0.732. The van der Waals surface area contributed by atoms with Gasteiger partial charge in [-0.15, -0.1) is 11.3 Å². The lowest BCUT2D eigenvalue weighted by molar-refractivity contribution is 0.580. The quantitative estimate of drug-likeness (QED) is 0.788. The highest BCUT2D eigenvalue weighted by Crippen LogP contribution is 2.20. The molecule has 19 heavy (non-hydrogen) atoms. The molecule has 0 aliphatic rings. The van der Waals surface area contributed by atoms with E-state index in [9.17, 15) is 8.42 Å². The van der Waals surface area contributed by atoms with Crippen molar-refractivity contribution < 1.29 is 8.42 Å². The molecular weight excluding hydrogens is 286 g/mol. The van der Waals surface area contributed by atoms with Crippen LogP contribution in [0.15, 0.2) is 22.0 Å². The molecule has 2 heterocycles. The summed E-state index contributed by atoms with van der Waals surface area (Å²) in [6.07, 6.45) is 1.53. The highest BCUT2D eigenvalue weighted by atomic mass is 32.2. The average Bonchev–Trinajstić information content (AvgIpc) is 2.97. The van der Waals surface area contributed by atoms with Crippen molar-refractivity contribution >= 4 is 21.4 Å². The van der Waals surface area contributed by atoms with Gasteiger partial charge in [-0.2, -0.15) is 5.10 Å². The first-order valence-electron chi connectivity index (χ1n) is 5.57. The van der Waals surface area contributed by atoms with E-state index < -0.39 is 10.0 Å². The van der Waals surface area contributed by atoms with E-state index in [4.69, 9.17) is 0 Å². The van der Waals surface area contributed by atoms with Crippen LogP contribution in [0.5, 0.6) is 0 Å². The zero-order valence-corrected chi connectivity index (χ0v) is 12.3. The minimum atomic E-state index is -3.50. The molecule has 0 radical (unpaired) electrons. The van der Waals surface area contributed by atoms with Gasteiger partial charge in [0.2, 0.25) is 10.0 Å². The normalized spacial score (nSPS) is 11.9. The molecule has 0 aliphatic carbocycles. The summed E-state index contributed by atoms with van der Waals surface area (Å²) in [5.41, 5.74) is 0.948. The molecular formula is C10H15N5O2S2. The zero-order chi connectivity index (χ0) is 13.9. The Hall–Kier alpha value is -1.29. The number of hydrogen-bond donors (Lipinski definition) is 2. The van der Waals surface area contributed by atoms with Gasteiger partial charge in [0, 0.05) is 13.6 Å². The Morgan fingerprint density at radius 3 is 2.84 bits per heavy atom. The largest absolute Gasteiger partial charge is 0.316 e. The molecule has 0 atom stereocenters. The van der Waals surface area contributed by atoms with E-state index in [1.807, 2.05) is 12.4 Å². The molecule has 0 saturated heterocycles. The second-order valence-corrected chi connectivity index (χ2v) is 6.87. The van der Waals surface area contributed by atoms with Crippen molar-refractivity contribution in [3.8, 4) is 0 Å². The Bertz CT molecular complexity index is 646. The molecule has 0 fully saturated rings. The second-order valence-electron chi connectivity index (χ2n) is 3.96. The number of sulfonamides is 1. The van der Waals surface area contributed by atoms with E-state index >= 15 is 0 Å². The average molecular weight is 301 g/mol. The van der Waals surface area contributed by atoms with Gasteiger partial charge in [0.15, 0.2) is 5.82 Å². The lowest BCUT2D eigenvalue weighted by Crippen LogP contribution is -2.23. The van der Waals surface area contributed by atoms with E-state index in [0.29, 0.717) is 16.6 Å². The minimum absolute atomic E-state index is 0.0857. The number of rotatable bonds is 6. The van der Waals surface area contributed by atoms with Crippen LogP contribution in [0.1, 0.15) is 11.4 Å². The third-order valence-corrected chi connectivity index (χ3v) is 5.23. The Labute approximate surface area is 115 Å². The summed E-state index contributed by atoms with van der Waals surface area (Å²) in [5, 5.41) is 8.82. The molecule has 0 unspecified atom stereocenters. The summed E-state index contributed by atoms with van der Waals surface area (Å²) in [5.74, 6) is 0.443. The number of aryl methyl sites for hydroxylation is 1. The molecule has 0 amide bonds. The van der Waals surface area contributed by atoms with Crippen molar-refractivity contribution in [1.82, 2.24) is 24.8 Å². The highest BCUT2D eigenvalue weighted by molar-refractivity contribution is 7.91. The molecule has 0 spiro atoms. The Balaban J connectivity index is 2.04. The Kier molecular flexibility index (Phi) is 4.30. The van der Waals surface area contributed by atoms with Crippen molar-refractivity contribution in [2.45, 2.75) is 17.3 Å². The predicted octanol–water partition coefficient (Wildman–Crippen LogP) is 0.0745. The fraction of sp³-hybridized carbons (Fsp3) is 0.400. The molecule has 7 nitrogen and oxygen atoms in total. The fourth-order valence-electron chi connectivity index (χ4n) is 1.49. The first-order chi connectivity index (χ1) is 9.01. The van der Waals surface area contributed by atoms with E-state index in [2.05, 4.69) is 20.1 Å². The van der Waals surface area contributed by atoms with Gasteiger partial charge in [-0.25, -0.2) is 18.1 Å². The van der Waals surface area contributed by atoms with Crippen LogP contribution in [-0.2, 0) is 30.2 Å². The topological polar surface area (TPSA) is 88.9 Å². The van der Waals surface area contributed by atoms with Crippen molar-refractivity contribution in [1.29, 1.82) is 0 Å². The summed E-state index contributed by atoms with van der Waals surface area (Å²) >= 11 is 1.20. The molecule has 0 aromatic carbocycles. The maximum atomic E-state index is 12.0. The fourth-order valence-corrected chi connectivity index (χ4v) is 3.72. The van der Waals surface area contributed by atoms with Gasteiger partial charge in [0.05, 0.1) is 6.54 Å². The lowest BCUT2D eigenvalue weighted by atomic mass is 10.3. The number of nitrogens with zero attached hydrogens (tertiary/aromatic N) is 3. The second kappa shape index (κ2) is 5.78. The van der Waals surface area contributed by atoms with Gasteiger partial charge in [0.25, 0.3) is 0 Å². The highest BCUT2D eigenvalue weighted by Gasteiger charge is 2.17. The van der Waals surface area contributed by atoms with Crippen LogP contribution in [0.3, 0.4) is 0 Å². The van der Waals surface area contributed by atoms with Gasteiger partial charge < -0.3 is 5.32 Å². The maximum absolute atomic E-state index is 12.0. The van der Waals surface area contributed by atoms with Crippen LogP contribution in [0, 0.1) is 0 Å². The van der Waals surface area contributed by atoms with Crippen LogP contribution in [-0.4, -0.2) is 30.2 Å². The summed E-state index contributed by atoms with van der Waals surface area (Å²) in [7, 11) is 0.0515. The number of thiophene rings is 1. The first kappa shape index (κ1) is 14.1. The standard InChI is InChI=1S/C10H15N5O2S2/c1-11-4-8-3-10(18-6-8)19(16,17)13-5-9-12-7-15(2)14-9/h3,6-7,11,13H,4-5H2,1-2H3. The summed E-state index contributed by atoms with van der Waals surface area (Å²) in [6, 6.07) is 1.66. The van der Waals surface area contributed by atoms with Gasteiger partial charge in [0.1, 0.15) is 10.5 Å². The van der Waals surface area contributed by atoms with Crippen LogP contribution in [0.4, 0.5) is 0 Å². The Morgan fingerprint density at radius 2 is 2.21 bits per heavy atom. The molecule has 2 N–H and O–H groups in total. The molecule has 0 aliphatic heterocycles. The molecule has 104 valence electrons. The summed E-state index contributed by atoms with van der Waals surface area (Å²) < 4.78 is 28.4. The Morgan fingerprint density at radius 1 is 1.42 bits per heavy atom. The maximum Gasteiger partial charge on any atom is 0.250 e. The van der Waals surface area contributed by atoms with Crippen LogP contribution < -0.4 is 10.0 Å². The van der Waals surface area contributed by atoms with Crippen LogP contribution >= 0.6 is 11.3 Å². The SMILES string of the molecule is CNCc1csc(S(=O)(=O)NCc2ncn(C)n2)c1. The third kappa shape index (κ3) is 3.60. The number of hydrogen-bond acceptors (Lipinski definition) is 6. The van der Waals surface area contributed by atoms with Gasteiger partial charge in [-0.3, -0.25) is 4.68 Å². The smallest absolute Gasteiger partial charge is 0.250 e. The molecule has 2 aromatic heterocycles. The molecule has 0 saturated carbocycles. The van der Waals surface area contributed by atoms with E-state index in [0.717, 1.165) is 5.56 Å². The molecule has 2 aromatic rings. The summed E-state index contributed by atoms with van der Waals surface area (Å²) in [4.78, 5) is 3.97. The van der Waals surface area contributed by atoms with Crippen molar-refractivity contribution in [3.63, 3.8) is 0 Å². The van der Waals surface area contributed by atoms with E-state index in [1.54, 1.807) is 13.1 Å². The van der Waals surface area contributed by atoms with E-state index in [1.165, 1.54) is 22.3 Å². The van der Waals surface area contributed by atoms with Crippen LogP contribution in [0.2, 0.25) is 0 Å². The van der Waals surface area contributed by atoms with Crippen LogP contribution in [0.25, 0.3) is 0 Å². The number of nitrogens with one attached hydrogen (secondary N) is 2. The zero-order valence-electron chi connectivity index (χ0n) is 10.6. The van der Waals surface area contributed by atoms with Crippen molar-refractivity contribution in [2.24, 2.45) is 7.05 Å². The first-order valence-corrected chi connectivity index (χ1v) is 7.94. The monoisotopic (exact) mass is 301 g/mol. The van der Waals surface area contributed by atoms with Crippen molar-refractivity contribution in [2.75, 3.05) is 7.05 Å². The molecule has 9 heteroatoms. The lowest BCUT2D eigenvalue weighted by Gasteiger charge is -2.01. The van der Waals surface area contributed by atoms with E-state index in [-0.39, 0.29) is 6.54 Å². The van der Waals surface area contributed by atoms with Gasteiger partial charge in [-0.05, 0) is 24.1 Å². The van der Waals surface area contributed by atoms with Gasteiger partial charge in [-0.1, -0.05) is 0 Å². The van der Waals surface area contributed by atoms with Gasteiger partial charge >= 0.3 is 0 Å². The predicted molar refractivity (Wildman–Crippen MR) is 72.1 cm³/mol. The molecule has 0 bridgehead atoms. The third-order valence-electron chi connectivity index (χ3n) is 2.34.